The molecule has 1 rings (SSSR count). The Morgan fingerprint density at radius 3 is 2.81 bits per heavy atom. The number of nitro groups is 1. The Morgan fingerprint density at radius 2 is 2.25 bits per heavy atom. The molecule has 0 saturated heterocycles. The molecule has 1 aromatic rings. The molecule has 0 bridgehead atoms. The minimum atomic E-state index is -0.548. The average Bonchev–Trinajstić information content (AvgIpc) is 2.24. The molecule has 1 aromatic heterocycles. The number of rotatable bonds is 5. The van der Waals surface area contributed by atoms with Gasteiger partial charge in [0.15, 0.2) is 0 Å². The van der Waals surface area contributed by atoms with Crippen LogP contribution in [0.5, 0.6) is 0 Å². The van der Waals surface area contributed by atoms with Gasteiger partial charge in [0.1, 0.15) is 6.33 Å². The SMILES string of the molecule is CCCCN(C)c1ncnc(N)c1[N+](=O)[O-]. The number of aromatic nitrogens is 2. The van der Waals surface area contributed by atoms with E-state index in [0.717, 1.165) is 12.8 Å². The first kappa shape index (κ1) is 12.2. The first-order valence-corrected chi connectivity index (χ1v) is 5.04. The minimum absolute atomic E-state index is 0.0988. The smallest absolute Gasteiger partial charge is 0.353 e. The Labute approximate surface area is 93.4 Å². The van der Waals surface area contributed by atoms with Crippen molar-refractivity contribution >= 4 is 17.3 Å². The second kappa shape index (κ2) is 5.24. The number of nitrogens with two attached hydrogens (primary N) is 1. The average molecular weight is 225 g/mol. The molecule has 0 aliphatic heterocycles. The summed E-state index contributed by atoms with van der Waals surface area (Å²) in [5, 5.41) is 10.8. The van der Waals surface area contributed by atoms with Crippen LogP contribution in [0.3, 0.4) is 0 Å². The van der Waals surface area contributed by atoms with E-state index >= 15 is 0 Å². The normalized spacial score (nSPS) is 10.1. The Kier molecular flexibility index (Phi) is 3.98. The third kappa shape index (κ3) is 2.56. The van der Waals surface area contributed by atoms with Crippen LogP contribution in [-0.4, -0.2) is 28.5 Å². The van der Waals surface area contributed by atoms with E-state index in [4.69, 9.17) is 5.73 Å². The number of hydrogen-bond acceptors (Lipinski definition) is 6. The van der Waals surface area contributed by atoms with E-state index in [0.29, 0.717) is 6.54 Å². The van der Waals surface area contributed by atoms with Crippen LogP contribution in [-0.2, 0) is 0 Å². The van der Waals surface area contributed by atoms with Crippen LogP contribution in [0, 0.1) is 10.1 Å². The maximum absolute atomic E-state index is 10.8. The van der Waals surface area contributed by atoms with Gasteiger partial charge in [-0.15, -0.1) is 0 Å². The Morgan fingerprint density at radius 1 is 1.56 bits per heavy atom. The summed E-state index contributed by atoms with van der Waals surface area (Å²) in [6.07, 6.45) is 3.19. The van der Waals surface area contributed by atoms with Gasteiger partial charge in [0.05, 0.1) is 4.92 Å². The standard InChI is InChI=1S/C9H15N5O2/c1-3-4-5-13(2)9-7(14(15)16)8(10)11-6-12-9/h6H,3-5H2,1-2H3,(H2,10,11,12). The zero-order valence-electron chi connectivity index (χ0n) is 9.38. The summed E-state index contributed by atoms with van der Waals surface area (Å²) in [5.41, 5.74) is 5.25. The van der Waals surface area contributed by atoms with Gasteiger partial charge in [-0.1, -0.05) is 13.3 Å². The molecule has 0 aromatic carbocycles. The number of nitrogens with zero attached hydrogens (tertiary/aromatic N) is 4. The molecule has 7 heteroatoms. The van der Waals surface area contributed by atoms with Gasteiger partial charge < -0.3 is 10.6 Å². The van der Waals surface area contributed by atoms with Crippen molar-refractivity contribution in [3.05, 3.63) is 16.4 Å². The summed E-state index contributed by atoms with van der Waals surface area (Å²) in [6, 6.07) is 0. The third-order valence-corrected chi connectivity index (χ3v) is 2.22. The van der Waals surface area contributed by atoms with E-state index in [1.165, 1.54) is 6.33 Å². The van der Waals surface area contributed by atoms with Crippen LogP contribution >= 0.6 is 0 Å². The second-order valence-corrected chi connectivity index (χ2v) is 3.46. The van der Waals surface area contributed by atoms with Gasteiger partial charge in [-0.2, -0.15) is 0 Å². The fourth-order valence-corrected chi connectivity index (χ4v) is 1.34. The second-order valence-electron chi connectivity index (χ2n) is 3.46. The summed E-state index contributed by atoms with van der Waals surface area (Å²) in [4.78, 5) is 19.5. The van der Waals surface area contributed by atoms with Crippen LogP contribution < -0.4 is 10.6 Å². The Hall–Kier alpha value is -1.92. The molecule has 2 N–H and O–H groups in total. The molecule has 7 nitrogen and oxygen atoms in total. The highest BCUT2D eigenvalue weighted by Crippen LogP contribution is 2.28. The van der Waals surface area contributed by atoms with Crippen molar-refractivity contribution in [1.29, 1.82) is 0 Å². The van der Waals surface area contributed by atoms with Crippen molar-refractivity contribution < 1.29 is 4.92 Å². The zero-order valence-corrected chi connectivity index (χ0v) is 9.38. The van der Waals surface area contributed by atoms with E-state index in [1.54, 1.807) is 11.9 Å². The van der Waals surface area contributed by atoms with Crippen LogP contribution in [0.15, 0.2) is 6.33 Å². The van der Waals surface area contributed by atoms with Gasteiger partial charge in [-0.25, -0.2) is 9.97 Å². The summed E-state index contributed by atoms with van der Waals surface area (Å²) in [5.74, 6) is 0.171. The van der Waals surface area contributed by atoms with E-state index in [9.17, 15) is 10.1 Å². The molecule has 0 spiro atoms. The summed E-state index contributed by atoms with van der Waals surface area (Å²) < 4.78 is 0. The highest BCUT2D eigenvalue weighted by Gasteiger charge is 2.23. The first-order valence-electron chi connectivity index (χ1n) is 5.04. The number of nitrogen functional groups attached to an aromatic ring is 1. The topological polar surface area (TPSA) is 98.2 Å². The van der Waals surface area contributed by atoms with Gasteiger partial charge in [-0.05, 0) is 6.42 Å². The van der Waals surface area contributed by atoms with Crippen LogP contribution in [0.4, 0.5) is 17.3 Å². The summed E-state index contributed by atoms with van der Waals surface area (Å²) >= 11 is 0. The molecule has 0 aliphatic carbocycles. The molecule has 0 unspecified atom stereocenters. The van der Waals surface area contributed by atoms with E-state index in [1.807, 2.05) is 0 Å². The van der Waals surface area contributed by atoms with Gasteiger partial charge in [0.25, 0.3) is 0 Å². The Balaban J connectivity index is 3.02. The number of unbranched alkanes of at least 4 members (excludes halogenated alkanes) is 1. The molecule has 0 amide bonds. The van der Waals surface area contributed by atoms with E-state index in [2.05, 4.69) is 16.9 Å². The highest BCUT2D eigenvalue weighted by molar-refractivity contribution is 5.67. The highest BCUT2D eigenvalue weighted by atomic mass is 16.6. The minimum Gasteiger partial charge on any atom is -0.378 e. The fraction of sp³-hybridized carbons (Fsp3) is 0.556. The number of anilines is 2. The Bertz CT molecular complexity index is 382. The van der Waals surface area contributed by atoms with Crippen molar-refractivity contribution in [1.82, 2.24) is 9.97 Å². The lowest BCUT2D eigenvalue weighted by molar-refractivity contribution is -0.383. The lowest BCUT2D eigenvalue weighted by Gasteiger charge is -2.17. The maximum atomic E-state index is 10.8. The molecular formula is C9H15N5O2. The molecule has 1 heterocycles. The van der Waals surface area contributed by atoms with Gasteiger partial charge in [0, 0.05) is 13.6 Å². The fourth-order valence-electron chi connectivity index (χ4n) is 1.34. The van der Waals surface area contributed by atoms with Crippen LogP contribution in [0.2, 0.25) is 0 Å². The lowest BCUT2D eigenvalue weighted by atomic mass is 10.3. The van der Waals surface area contributed by atoms with Crippen LogP contribution in [0.25, 0.3) is 0 Å². The summed E-state index contributed by atoms with van der Waals surface area (Å²) in [7, 11) is 1.75. The van der Waals surface area contributed by atoms with Crippen molar-refractivity contribution in [3.63, 3.8) is 0 Å². The zero-order chi connectivity index (χ0) is 12.1. The monoisotopic (exact) mass is 225 g/mol. The molecule has 0 atom stereocenters. The molecule has 0 fully saturated rings. The summed E-state index contributed by atoms with van der Waals surface area (Å²) in [6.45, 7) is 2.75. The van der Waals surface area contributed by atoms with Crippen LogP contribution in [0.1, 0.15) is 19.8 Å². The third-order valence-electron chi connectivity index (χ3n) is 2.22. The van der Waals surface area contributed by atoms with Gasteiger partial charge in [0.2, 0.25) is 11.6 Å². The quantitative estimate of drug-likeness (QED) is 0.597. The molecule has 0 aliphatic rings. The maximum Gasteiger partial charge on any atom is 0.353 e. The number of hydrogen-bond donors (Lipinski definition) is 1. The van der Waals surface area contributed by atoms with Crippen molar-refractivity contribution in [2.24, 2.45) is 0 Å². The van der Waals surface area contributed by atoms with E-state index < -0.39 is 4.92 Å². The van der Waals surface area contributed by atoms with Crippen molar-refractivity contribution in [2.45, 2.75) is 19.8 Å². The molecule has 88 valence electrons. The van der Waals surface area contributed by atoms with Gasteiger partial charge >= 0.3 is 5.69 Å². The van der Waals surface area contributed by atoms with Crippen molar-refractivity contribution in [2.75, 3.05) is 24.2 Å². The molecular weight excluding hydrogens is 210 g/mol. The predicted octanol–water partition coefficient (Wildman–Crippen LogP) is 1.20. The molecule has 16 heavy (non-hydrogen) atoms. The lowest BCUT2D eigenvalue weighted by Crippen LogP contribution is -2.21. The largest absolute Gasteiger partial charge is 0.378 e. The van der Waals surface area contributed by atoms with Crippen molar-refractivity contribution in [3.8, 4) is 0 Å². The molecule has 0 saturated carbocycles. The molecule has 0 radical (unpaired) electrons. The predicted molar refractivity (Wildman–Crippen MR) is 61.3 cm³/mol. The first-order chi connectivity index (χ1) is 7.57. The van der Waals surface area contributed by atoms with E-state index in [-0.39, 0.29) is 17.3 Å². The van der Waals surface area contributed by atoms with Gasteiger partial charge in [-0.3, -0.25) is 10.1 Å².